The van der Waals surface area contributed by atoms with Crippen LogP contribution in [0, 0.1) is 11.2 Å². The molecule has 1 spiro atoms. The molecule has 6 heteroatoms. The Balaban J connectivity index is 1.71. The maximum atomic E-state index is 13.4. The quantitative estimate of drug-likeness (QED) is 0.910. The Morgan fingerprint density at radius 1 is 1.35 bits per heavy atom. The first-order valence-corrected chi connectivity index (χ1v) is 8.00. The molecule has 1 aromatic rings. The van der Waals surface area contributed by atoms with E-state index in [1.54, 1.807) is 21.9 Å². The molecule has 1 N–H and O–H groups in total. The van der Waals surface area contributed by atoms with Gasteiger partial charge in [0.15, 0.2) is 0 Å². The number of urea groups is 1. The molecule has 0 aliphatic carbocycles. The van der Waals surface area contributed by atoms with Gasteiger partial charge in [-0.1, -0.05) is 6.07 Å². The van der Waals surface area contributed by atoms with Crippen LogP contribution in [0.2, 0.25) is 0 Å². The molecule has 5 nitrogen and oxygen atoms in total. The van der Waals surface area contributed by atoms with E-state index in [2.05, 4.69) is 5.32 Å². The van der Waals surface area contributed by atoms with E-state index in [-0.39, 0.29) is 29.2 Å². The van der Waals surface area contributed by atoms with Crippen LogP contribution in [0.1, 0.15) is 26.7 Å². The van der Waals surface area contributed by atoms with Crippen LogP contribution in [0.15, 0.2) is 24.3 Å². The van der Waals surface area contributed by atoms with Crippen LogP contribution in [0.25, 0.3) is 0 Å². The predicted octanol–water partition coefficient (Wildman–Crippen LogP) is 2.37. The summed E-state index contributed by atoms with van der Waals surface area (Å²) in [6.07, 6.45) is 1.21. The van der Waals surface area contributed by atoms with Gasteiger partial charge in [0, 0.05) is 43.2 Å². The summed E-state index contributed by atoms with van der Waals surface area (Å²) in [5.41, 5.74) is 0.384. The fourth-order valence-corrected chi connectivity index (χ4v) is 3.50. The van der Waals surface area contributed by atoms with Crippen molar-refractivity contribution >= 4 is 17.6 Å². The molecule has 3 rings (SSSR count). The van der Waals surface area contributed by atoms with Crippen molar-refractivity contribution in [1.29, 1.82) is 0 Å². The van der Waals surface area contributed by atoms with Gasteiger partial charge in [-0.2, -0.15) is 0 Å². The van der Waals surface area contributed by atoms with Gasteiger partial charge in [0.2, 0.25) is 5.91 Å². The van der Waals surface area contributed by atoms with Crippen LogP contribution in [-0.2, 0) is 4.79 Å². The summed E-state index contributed by atoms with van der Waals surface area (Å²) in [5.74, 6) is -0.345. The second kappa shape index (κ2) is 5.83. The second-order valence-electron chi connectivity index (χ2n) is 6.91. The van der Waals surface area contributed by atoms with E-state index in [0.717, 1.165) is 6.42 Å². The van der Waals surface area contributed by atoms with E-state index in [1.807, 2.05) is 13.8 Å². The van der Waals surface area contributed by atoms with Gasteiger partial charge in [-0.25, -0.2) is 9.18 Å². The number of hydrogen-bond acceptors (Lipinski definition) is 2. The SMILES string of the molecule is CC(C)NC(=O)N1CC[C@]2(CC(=O)N(c3cccc(F)c3)C2)C1. The number of nitrogens with zero attached hydrogens (tertiary/aromatic N) is 2. The third-order valence-electron chi connectivity index (χ3n) is 4.58. The molecule has 0 aromatic heterocycles. The number of benzene rings is 1. The van der Waals surface area contributed by atoms with E-state index in [9.17, 15) is 14.0 Å². The molecule has 0 bridgehead atoms. The molecule has 2 aliphatic rings. The highest BCUT2D eigenvalue weighted by atomic mass is 19.1. The summed E-state index contributed by atoms with van der Waals surface area (Å²) < 4.78 is 13.4. The molecule has 0 unspecified atom stereocenters. The molecule has 0 saturated carbocycles. The van der Waals surface area contributed by atoms with Gasteiger partial charge in [0.25, 0.3) is 0 Å². The average Bonchev–Trinajstić information content (AvgIpc) is 3.02. The molecule has 2 fully saturated rings. The highest BCUT2D eigenvalue weighted by molar-refractivity contribution is 5.96. The van der Waals surface area contributed by atoms with E-state index in [4.69, 9.17) is 0 Å². The first kappa shape index (κ1) is 15.8. The molecule has 3 amide bonds. The second-order valence-corrected chi connectivity index (χ2v) is 6.91. The van der Waals surface area contributed by atoms with Crippen molar-refractivity contribution in [3.63, 3.8) is 0 Å². The molecule has 124 valence electrons. The summed E-state index contributed by atoms with van der Waals surface area (Å²) in [5, 5.41) is 2.89. The molecule has 2 aliphatic heterocycles. The molecule has 1 aromatic carbocycles. The lowest BCUT2D eigenvalue weighted by Gasteiger charge is -2.25. The first-order chi connectivity index (χ1) is 10.9. The van der Waals surface area contributed by atoms with Crippen molar-refractivity contribution in [2.24, 2.45) is 5.41 Å². The van der Waals surface area contributed by atoms with Crippen molar-refractivity contribution in [2.45, 2.75) is 32.7 Å². The van der Waals surface area contributed by atoms with Gasteiger partial charge >= 0.3 is 6.03 Å². The number of anilines is 1. The first-order valence-electron chi connectivity index (χ1n) is 8.00. The zero-order valence-corrected chi connectivity index (χ0v) is 13.5. The Labute approximate surface area is 135 Å². The summed E-state index contributed by atoms with van der Waals surface area (Å²) in [7, 11) is 0. The Morgan fingerprint density at radius 3 is 2.83 bits per heavy atom. The molecular weight excluding hydrogens is 297 g/mol. The average molecular weight is 319 g/mol. The van der Waals surface area contributed by atoms with Crippen molar-refractivity contribution < 1.29 is 14.0 Å². The standard InChI is InChI=1S/C17H22FN3O2/c1-12(2)19-16(23)20-7-6-17(10-20)9-15(22)21(11-17)14-5-3-4-13(18)8-14/h3-5,8,12H,6-7,9-11H2,1-2H3,(H,19,23)/t17-/m0/s1. The zero-order valence-electron chi connectivity index (χ0n) is 13.5. The highest BCUT2D eigenvalue weighted by Gasteiger charge is 2.48. The minimum atomic E-state index is -0.347. The lowest BCUT2D eigenvalue weighted by Crippen LogP contribution is -2.43. The number of amides is 3. The Kier molecular flexibility index (Phi) is 4.00. The number of carbonyl (C=O) groups excluding carboxylic acids is 2. The third kappa shape index (κ3) is 3.16. The van der Waals surface area contributed by atoms with Crippen molar-refractivity contribution in [3.05, 3.63) is 30.1 Å². The van der Waals surface area contributed by atoms with Crippen molar-refractivity contribution in [2.75, 3.05) is 24.5 Å². The van der Waals surface area contributed by atoms with Crippen LogP contribution in [0.4, 0.5) is 14.9 Å². The number of rotatable bonds is 2. The summed E-state index contributed by atoms with van der Waals surface area (Å²) in [6, 6.07) is 6.13. The number of halogens is 1. The summed E-state index contributed by atoms with van der Waals surface area (Å²) in [4.78, 5) is 28.0. The van der Waals surface area contributed by atoms with Crippen LogP contribution in [0.5, 0.6) is 0 Å². The van der Waals surface area contributed by atoms with Gasteiger partial charge in [-0.3, -0.25) is 4.79 Å². The zero-order chi connectivity index (χ0) is 16.6. The maximum absolute atomic E-state index is 13.4. The van der Waals surface area contributed by atoms with E-state index in [0.29, 0.717) is 31.7 Å². The van der Waals surface area contributed by atoms with Gasteiger partial charge in [0.05, 0.1) is 0 Å². The van der Waals surface area contributed by atoms with Crippen LogP contribution < -0.4 is 10.2 Å². The largest absolute Gasteiger partial charge is 0.336 e. The molecule has 2 heterocycles. The lowest BCUT2D eigenvalue weighted by molar-refractivity contribution is -0.117. The minimum Gasteiger partial charge on any atom is -0.336 e. The molecule has 2 saturated heterocycles. The number of hydrogen-bond donors (Lipinski definition) is 1. The molecule has 23 heavy (non-hydrogen) atoms. The molecule has 0 radical (unpaired) electrons. The topological polar surface area (TPSA) is 52.7 Å². The maximum Gasteiger partial charge on any atom is 0.317 e. The lowest BCUT2D eigenvalue weighted by atomic mass is 9.86. The van der Waals surface area contributed by atoms with Gasteiger partial charge in [0.1, 0.15) is 5.82 Å². The number of carbonyl (C=O) groups is 2. The fraction of sp³-hybridized carbons (Fsp3) is 0.529. The van der Waals surface area contributed by atoms with E-state index in [1.165, 1.54) is 12.1 Å². The number of nitrogens with one attached hydrogen (secondary N) is 1. The normalized spacial score (nSPS) is 24.1. The third-order valence-corrected chi connectivity index (χ3v) is 4.58. The molecule has 1 atom stereocenters. The van der Waals surface area contributed by atoms with Crippen LogP contribution in [-0.4, -0.2) is 42.5 Å². The Bertz CT molecular complexity index is 634. The van der Waals surface area contributed by atoms with Crippen LogP contribution >= 0.6 is 0 Å². The van der Waals surface area contributed by atoms with E-state index >= 15 is 0 Å². The Hall–Kier alpha value is -2.11. The smallest absolute Gasteiger partial charge is 0.317 e. The highest BCUT2D eigenvalue weighted by Crippen LogP contribution is 2.41. The van der Waals surface area contributed by atoms with Gasteiger partial charge in [-0.15, -0.1) is 0 Å². The van der Waals surface area contributed by atoms with Crippen molar-refractivity contribution in [1.82, 2.24) is 10.2 Å². The van der Waals surface area contributed by atoms with Crippen LogP contribution in [0.3, 0.4) is 0 Å². The molecular formula is C17H22FN3O2. The number of likely N-dealkylation sites (tertiary alicyclic amines) is 1. The fourth-order valence-electron chi connectivity index (χ4n) is 3.50. The predicted molar refractivity (Wildman–Crippen MR) is 85.7 cm³/mol. The van der Waals surface area contributed by atoms with E-state index < -0.39 is 0 Å². The Morgan fingerprint density at radius 2 is 2.13 bits per heavy atom. The monoisotopic (exact) mass is 319 g/mol. The minimum absolute atomic E-state index is 0.00159. The van der Waals surface area contributed by atoms with Gasteiger partial charge < -0.3 is 15.1 Å². The summed E-state index contributed by atoms with van der Waals surface area (Å²) >= 11 is 0. The van der Waals surface area contributed by atoms with Gasteiger partial charge in [-0.05, 0) is 38.5 Å². The summed E-state index contributed by atoms with van der Waals surface area (Å²) in [6.45, 7) is 5.62. The van der Waals surface area contributed by atoms with Crippen molar-refractivity contribution in [3.8, 4) is 0 Å².